The summed E-state index contributed by atoms with van der Waals surface area (Å²) in [7, 11) is 0. The van der Waals surface area contributed by atoms with Gasteiger partial charge in [0.25, 0.3) is 0 Å². The fraction of sp³-hybridized carbons (Fsp3) is 0.462. The van der Waals surface area contributed by atoms with Gasteiger partial charge in [-0.3, -0.25) is 4.79 Å². The lowest BCUT2D eigenvalue weighted by molar-refractivity contribution is -0.123. The van der Waals surface area contributed by atoms with Crippen LogP contribution in [0.25, 0.3) is 0 Å². The Balaban J connectivity index is 2.22. The first kappa shape index (κ1) is 15.7. The van der Waals surface area contributed by atoms with E-state index < -0.39 is 0 Å². The lowest BCUT2D eigenvalue weighted by Crippen LogP contribution is -2.29. The van der Waals surface area contributed by atoms with Crippen molar-refractivity contribution in [2.24, 2.45) is 5.92 Å². The third-order valence-electron chi connectivity index (χ3n) is 2.32. The zero-order chi connectivity index (χ0) is 13.5. The Morgan fingerprint density at radius 3 is 2.67 bits per heavy atom. The molecular weight excluding hydrogens is 289 g/mol. The second-order valence-electron chi connectivity index (χ2n) is 4.25. The van der Waals surface area contributed by atoms with Crippen LogP contribution in [0.3, 0.4) is 0 Å². The Labute approximate surface area is 122 Å². The second kappa shape index (κ2) is 7.93. The Hall–Kier alpha value is -0.380. The molecule has 0 heterocycles. The predicted octanol–water partition coefficient (Wildman–Crippen LogP) is 4.00. The first-order valence-corrected chi connectivity index (χ1v) is 7.71. The Morgan fingerprint density at radius 1 is 1.33 bits per heavy atom. The van der Waals surface area contributed by atoms with Crippen molar-refractivity contribution < 1.29 is 4.79 Å². The summed E-state index contributed by atoms with van der Waals surface area (Å²) < 4.78 is 0. The van der Waals surface area contributed by atoms with Gasteiger partial charge in [-0.15, -0.1) is 0 Å². The van der Waals surface area contributed by atoms with Crippen LogP contribution in [-0.4, -0.2) is 18.2 Å². The first-order valence-electron chi connectivity index (χ1n) is 5.80. The number of hydrogen-bond donors (Lipinski definition) is 1. The third kappa shape index (κ3) is 5.51. The van der Waals surface area contributed by atoms with Crippen LogP contribution in [0.1, 0.15) is 19.4 Å². The van der Waals surface area contributed by atoms with E-state index in [-0.39, 0.29) is 11.8 Å². The van der Waals surface area contributed by atoms with E-state index in [2.05, 4.69) is 5.32 Å². The number of carbonyl (C=O) groups is 1. The number of thioether (sulfide) groups is 1. The minimum absolute atomic E-state index is 0.0464. The molecule has 0 aromatic heterocycles. The maximum absolute atomic E-state index is 11.3. The van der Waals surface area contributed by atoms with E-state index in [1.807, 2.05) is 26.0 Å². The normalized spacial score (nSPS) is 10.7. The summed E-state index contributed by atoms with van der Waals surface area (Å²) >= 11 is 13.5. The molecule has 1 amide bonds. The summed E-state index contributed by atoms with van der Waals surface area (Å²) in [5, 5.41) is 4.05. The van der Waals surface area contributed by atoms with Gasteiger partial charge in [-0.1, -0.05) is 43.1 Å². The van der Waals surface area contributed by atoms with E-state index in [9.17, 15) is 4.79 Å². The molecule has 1 rings (SSSR count). The molecule has 100 valence electrons. The monoisotopic (exact) mass is 305 g/mol. The van der Waals surface area contributed by atoms with Crippen molar-refractivity contribution in [2.45, 2.75) is 19.6 Å². The number of hydrogen-bond acceptors (Lipinski definition) is 2. The molecule has 0 bridgehead atoms. The van der Waals surface area contributed by atoms with Gasteiger partial charge in [0.15, 0.2) is 0 Å². The summed E-state index contributed by atoms with van der Waals surface area (Å²) in [4.78, 5) is 11.3. The molecule has 18 heavy (non-hydrogen) atoms. The highest BCUT2D eigenvalue weighted by Crippen LogP contribution is 2.24. The standard InChI is InChI=1S/C13H17Cl2NOS/c1-9(2)13(17)16-5-6-18-8-10-3-4-11(14)12(15)7-10/h3-4,7,9H,5-6,8H2,1-2H3,(H,16,17). The van der Waals surface area contributed by atoms with Crippen LogP contribution in [-0.2, 0) is 10.5 Å². The quantitative estimate of drug-likeness (QED) is 0.805. The maximum atomic E-state index is 11.3. The van der Waals surface area contributed by atoms with Crippen molar-refractivity contribution in [1.82, 2.24) is 5.32 Å². The van der Waals surface area contributed by atoms with Crippen molar-refractivity contribution in [2.75, 3.05) is 12.3 Å². The van der Waals surface area contributed by atoms with Gasteiger partial charge in [-0.2, -0.15) is 11.8 Å². The Bertz CT molecular complexity index is 410. The average Bonchev–Trinajstić information content (AvgIpc) is 2.32. The molecular formula is C13H17Cl2NOS. The highest BCUT2D eigenvalue weighted by molar-refractivity contribution is 7.98. The topological polar surface area (TPSA) is 29.1 Å². The van der Waals surface area contributed by atoms with Crippen LogP contribution in [0.15, 0.2) is 18.2 Å². The number of nitrogens with one attached hydrogen (secondary N) is 1. The van der Waals surface area contributed by atoms with Gasteiger partial charge in [0.2, 0.25) is 5.91 Å². The van der Waals surface area contributed by atoms with Gasteiger partial charge in [-0.05, 0) is 17.7 Å². The van der Waals surface area contributed by atoms with Crippen molar-refractivity contribution in [3.8, 4) is 0 Å². The molecule has 0 fully saturated rings. The smallest absolute Gasteiger partial charge is 0.222 e. The van der Waals surface area contributed by atoms with E-state index in [4.69, 9.17) is 23.2 Å². The van der Waals surface area contributed by atoms with Gasteiger partial charge >= 0.3 is 0 Å². The Kier molecular flexibility index (Phi) is 6.90. The molecule has 0 saturated heterocycles. The van der Waals surface area contributed by atoms with Gasteiger partial charge < -0.3 is 5.32 Å². The zero-order valence-electron chi connectivity index (χ0n) is 10.5. The summed E-state index contributed by atoms with van der Waals surface area (Å²) in [6.07, 6.45) is 0. The number of halogens is 2. The molecule has 1 N–H and O–H groups in total. The largest absolute Gasteiger partial charge is 0.355 e. The molecule has 0 aliphatic rings. The highest BCUT2D eigenvalue weighted by atomic mass is 35.5. The van der Waals surface area contributed by atoms with E-state index in [1.165, 1.54) is 0 Å². The molecule has 0 radical (unpaired) electrons. The van der Waals surface area contributed by atoms with Crippen LogP contribution in [0.4, 0.5) is 0 Å². The van der Waals surface area contributed by atoms with E-state index in [1.54, 1.807) is 17.8 Å². The molecule has 0 unspecified atom stereocenters. The van der Waals surface area contributed by atoms with Crippen LogP contribution < -0.4 is 5.32 Å². The summed E-state index contributed by atoms with van der Waals surface area (Å²) in [6, 6.07) is 5.65. The molecule has 0 spiro atoms. The number of rotatable bonds is 6. The summed E-state index contributed by atoms with van der Waals surface area (Å²) in [6.45, 7) is 4.47. The molecule has 5 heteroatoms. The SMILES string of the molecule is CC(C)C(=O)NCCSCc1ccc(Cl)c(Cl)c1. The van der Waals surface area contributed by atoms with E-state index >= 15 is 0 Å². The third-order valence-corrected chi connectivity index (χ3v) is 4.09. The van der Waals surface area contributed by atoms with Gasteiger partial charge in [-0.25, -0.2) is 0 Å². The summed E-state index contributed by atoms with van der Waals surface area (Å²) in [5.74, 6) is 1.91. The van der Waals surface area contributed by atoms with E-state index in [0.717, 1.165) is 17.1 Å². The fourth-order valence-electron chi connectivity index (χ4n) is 1.27. The minimum atomic E-state index is 0.0464. The number of carbonyl (C=O) groups excluding carboxylic acids is 1. The van der Waals surface area contributed by atoms with Crippen LogP contribution >= 0.6 is 35.0 Å². The maximum Gasteiger partial charge on any atom is 0.222 e. The molecule has 1 aromatic carbocycles. The van der Waals surface area contributed by atoms with Crippen molar-refractivity contribution in [3.63, 3.8) is 0 Å². The lowest BCUT2D eigenvalue weighted by atomic mass is 10.2. The molecule has 0 aliphatic carbocycles. The first-order chi connectivity index (χ1) is 8.50. The van der Waals surface area contributed by atoms with Gasteiger partial charge in [0.1, 0.15) is 0 Å². The zero-order valence-corrected chi connectivity index (χ0v) is 12.8. The molecule has 0 atom stereocenters. The predicted molar refractivity (Wildman–Crippen MR) is 80.5 cm³/mol. The van der Waals surface area contributed by atoms with Gasteiger partial charge in [0, 0.05) is 24.0 Å². The Morgan fingerprint density at radius 2 is 2.06 bits per heavy atom. The van der Waals surface area contributed by atoms with Crippen molar-refractivity contribution >= 4 is 40.9 Å². The van der Waals surface area contributed by atoms with E-state index in [0.29, 0.717) is 16.6 Å². The van der Waals surface area contributed by atoms with Crippen LogP contribution in [0, 0.1) is 5.92 Å². The minimum Gasteiger partial charge on any atom is -0.355 e. The van der Waals surface area contributed by atoms with Crippen molar-refractivity contribution in [3.05, 3.63) is 33.8 Å². The average molecular weight is 306 g/mol. The lowest BCUT2D eigenvalue weighted by Gasteiger charge is -2.07. The number of benzene rings is 1. The second-order valence-corrected chi connectivity index (χ2v) is 6.17. The molecule has 0 aliphatic heterocycles. The highest BCUT2D eigenvalue weighted by Gasteiger charge is 2.05. The fourth-order valence-corrected chi connectivity index (χ4v) is 2.40. The number of amides is 1. The molecule has 1 aromatic rings. The van der Waals surface area contributed by atoms with Crippen LogP contribution in [0.2, 0.25) is 10.0 Å². The van der Waals surface area contributed by atoms with Crippen molar-refractivity contribution in [1.29, 1.82) is 0 Å². The molecule has 2 nitrogen and oxygen atoms in total. The van der Waals surface area contributed by atoms with Crippen LogP contribution in [0.5, 0.6) is 0 Å². The molecule has 0 saturated carbocycles. The summed E-state index contributed by atoms with van der Waals surface area (Å²) in [5.41, 5.74) is 1.14. The van der Waals surface area contributed by atoms with Gasteiger partial charge in [0.05, 0.1) is 10.0 Å².